The molecule has 7 heteroatoms. The number of nitrogens with zero attached hydrogens (tertiary/aromatic N) is 3. The zero-order chi connectivity index (χ0) is 14.1. The summed E-state index contributed by atoms with van der Waals surface area (Å²) in [6.07, 6.45) is 0.535. The number of hydrogen-bond donors (Lipinski definition) is 1. The van der Waals surface area contributed by atoms with Crippen molar-refractivity contribution in [1.29, 1.82) is 0 Å². The molecule has 3 rings (SSSR count). The Hall–Kier alpha value is -1.92. The van der Waals surface area contributed by atoms with Gasteiger partial charge in [-0.1, -0.05) is 16.8 Å². The van der Waals surface area contributed by atoms with Gasteiger partial charge in [0.05, 0.1) is 27.7 Å². The molecule has 0 aliphatic heterocycles. The molecule has 0 saturated heterocycles. The molecule has 1 aromatic carbocycles. The summed E-state index contributed by atoms with van der Waals surface area (Å²) >= 11 is 7.71. The van der Waals surface area contributed by atoms with Crippen molar-refractivity contribution in [1.82, 2.24) is 15.1 Å². The average molecular weight is 307 g/mol. The lowest BCUT2D eigenvalue weighted by Crippen LogP contribution is -1.91. The predicted octanol–water partition coefficient (Wildman–Crippen LogP) is 3.33. The molecule has 2 N–H and O–H groups in total. The minimum absolute atomic E-state index is 0.365. The summed E-state index contributed by atoms with van der Waals surface area (Å²) in [7, 11) is 0. The van der Waals surface area contributed by atoms with Crippen LogP contribution in [0.1, 0.15) is 16.5 Å². The van der Waals surface area contributed by atoms with E-state index in [0.717, 1.165) is 10.7 Å². The van der Waals surface area contributed by atoms with E-state index >= 15 is 0 Å². The highest BCUT2D eigenvalue weighted by Crippen LogP contribution is 2.28. The second-order valence-electron chi connectivity index (χ2n) is 4.29. The Kier molecular flexibility index (Phi) is 3.42. The lowest BCUT2D eigenvalue weighted by molar-refractivity contribution is 0.424. The number of benzene rings is 1. The molecule has 0 aliphatic carbocycles. The van der Waals surface area contributed by atoms with Gasteiger partial charge >= 0.3 is 0 Å². The van der Waals surface area contributed by atoms with E-state index in [1.807, 2.05) is 12.3 Å². The van der Waals surface area contributed by atoms with E-state index < -0.39 is 0 Å². The van der Waals surface area contributed by atoms with E-state index in [1.165, 1.54) is 0 Å². The molecular weight excluding hydrogens is 296 g/mol. The first-order valence-corrected chi connectivity index (χ1v) is 7.16. The molecule has 0 radical (unpaired) electrons. The van der Waals surface area contributed by atoms with Crippen molar-refractivity contribution in [3.8, 4) is 11.5 Å². The molecule has 0 fully saturated rings. The lowest BCUT2D eigenvalue weighted by atomic mass is 10.2. The van der Waals surface area contributed by atoms with Crippen molar-refractivity contribution >= 4 is 28.6 Å². The van der Waals surface area contributed by atoms with Crippen molar-refractivity contribution in [3.05, 3.63) is 45.1 Å². The maximum atomic E-state index is 6.11. The summed E-state index contributed by atoms with van der Waals surface area (Å²) in [5.74, 6) is 0.938. The lowest BCUT2D eigenvalue weighted by Gasteiger charge is -1.99. The number of rotatable bonds is 3. The van der Waals surface area contributed by atoms with E-state index in [-0.39, 0.29) is 0 Å². The minimum Gasteiger partial charge on any atom is -0.399 e. The highest BCUT2D eigenvalue weighted by molar-refractivity contribution is 7.09. The number of thiazole rings is 1. The standard InChI is InChI=1S/C13H11ClN4OS/c1-7-16-9(6-20-7)5-12-17-13(19-18-12)10-4-8(15)2-3-11(10)14/h2-4,6H,5,15H2,1H3. The van der Waals surface area contributed by atoms with Gasteiger partial charge in [0.25, 0.3) is 5.89 Å². The van der Waals surface area contributed by atoms with Gasteiger partial charge in [-0.15, -0.1) is 11.3 Å². The second-order valence-corrected chi connectivity index (χ2v) is 5.76. The number of nitrogen functional groups attached to an aromatic ring is 1. The van der Waals surface area contributed by atoms with Crippen molar-refractivity contribution in [2.45, 2.75) is 13.3 Å². The highest BCUT2D eigenvalue weighted by atomic mass is 35.5. The van der Waals surface area contributed by atoms with Gasteiger partial charge in [0.1, 0.15) is 0 Å². The van der Waals surface area contributed by atoms with Crippen LogP contribution in [0, 0.1) is 6.92 Å². The van der Waals surface area contributed by atoms with Gasteiger partial charge in [-0.3, -0.25) is 0 Å². The Labute approximate surface area is 124 Å². The number of aryl methyl sites for hydroxylation is 1. The molecule has 0 bridgehead atoms. The molecule has 2 aromatic heterocycles. The van der Waals surface area contributed by atoms with Crippen LogP contribution in [0.25, 0.3) is 11.5 Å². The molecule has 20 heavy (non-hydrogen) atoms. The van der Waals surface area contributed by atoms with Gasteiger partial charge in [0.15, 0.2) is 5.82 Å². The van der Waals surface area contributed by atoms with Gasteiger partial charge in [-0.25, -0.2) is 4.98 Å². The molecule has 0 unspecified atom stereocenters. The first kappa shape index (κ1) is 13.1. The van der Waals surface area contributed by atoms with E-state index in [4.69, 9.17) is 21.9 Å². The summed E-state index contributed by atoms with van der Waals surface area (Å²) in [6, 6.07) is 5.15. The molecule has 102 valence electrons. The van der Waals surface area contributed by atoms with Crippen LogP contribution < -0.4 is 5.73 Å². The topological polar surface area (TPSA) is 77.8 Å². The van der Waals surface area contributed by atoms with Gasteiger partial charge < -0.3 is 10.3 Å². The molecule has 0 saturated carbocycles. The Balaban J connectivity index is 1.88. The largest absolute Gasteiger partial charge is 0.399 e. The molecule has 0 atom stereocenters. The van der Waals surface area contributed by atoms with Crippen LogP contribution >= 0.6 is 22.9 Å². The van der Waals surface area contributed by atoms with Crippen LogP contribution in [-0.4, -0.2) is 15.1 Å². The number of aromatic nitrogens is 3. The fraction of sp³-hybridized carbons (Fsp3) is 0.154. The van der Waals surface area contributed by atoms with Crippen LogP contribution in [0.5, 0.6) is 0 Å². The van der Waals surface area contributed by atoms with Gasteiger partial charge in [-0.05, 0) is 25.1 Å². The predicted molar refractivity (Wildman–Crippen MR) is 78.8 cm³/mol. The van der Waals surface area contributed by atoms with E-state index in [0.29, 0.717) is 34.4 Å². The SMILES string of the molecule is Cc1nc(Cc2noc(-c3cc(N)ccc3Cl)n2)cs1. The normalized spacial score (nSPS) is 10.9. The van der Waals surface area contributed by atoms with Crippen molar-refractivity contribution < 1.29 is 4.52 Å². The molecule has 5 nitrogen and oxygen atoms in total. The molecule has 2 heterocycles. The third-order valence-electron chi connectivity index (χ3n) is 2.69. The van der Waals surface area contributed by atoms with Crippen LogP contribution in [0.4, 0.5) is 5.69 Å². The maximum Gasteiger partial charge on any atom is 0.259 e. The maximum absolute atomic E-state index is 6.11. The smallest absolute Gasteiger partial charge is 0.259 e. The summed E-state index contributed by atoms with van der Waals surface area (Å²) in [5, 5.41) is 7.47. The fourth-order valence-corrected chi connectivity index (χ4v) is 2.60. The van der Waals surface area contributed by atoms with Crippen LogP contribution in [0.2, 0.25) is 5.02 Å². The monoisotopic (exact) mass is 306 g/mol. The molecule has 0 amide bonds. The summed E-state index contributed by atoms with van der Waals surface area (Å²) in [6.45, 7) is 1.96. The van der Waals surface area contributed by atoms with Crippen molar-refractivity contribution in [2.75, 3.05) is 5.73 Å². The Morgan fingerprint density at radius 2 is 2.20 bits per heavy atom. The Morgan fingerprint density at radius 1 is 1.35 bits per heavy atom. The third-order valence-corrected chi connectivity index (χ3v) is 3.85. The van der Waals surface area contributed by atoms with Crippen molar-refractivity contribution in [2.24, 2.45) is 0 Å². The number of hydrogen-bond acceptors (Lipinski definition) is 6. The second kappa shape index (κ2) is 5.22. The minimum atomic E-state index is 0.365. The number of nitrogens with two attached hydrogens (primary N) is 1. The first-order valence-electron chi connectivity index (χ1n) is 5.91. The van der Waals surface area contributed by atoms with E-state index in [2.05, 4.69) is 15.1 Å². The molecule has 0 spiro atoms. The summed E-state index contributed by atoms with van der Waals surface area (Å²) < 4.78 is 5.24. The molecule has 0 aliphatic rings. The van der Waals surface area contributed by atoms with Gasteiger partial charge in [-0.2, -0.15) is 4.98 Å². The quantitative estimate of drug-likeness (QED) is 0.751. The number of anilines is 1. The van der Waals surface area contributed by atoms with Crippen LogP contribution in [0.15, 0.2) is 28.1 Å². The van der Waals surface area contributed by atoms with Crippen molar-refractivity contribution in [3.63, 3.8) is 0 Å². The highest BCUT2D eigenvalue weighted by Gasteiger charge is 2.13. The van der Waals surface area contributed by atoms with Crippen LogP contribution in [0.3, 0.4) is 0 Å². The zero-order valence-corrected chi connectivity index (χ0v) is 12.2. The van der Waals surface area contributed by atoms with E-state index in [1.54, 1.807) is 29.5 Å². The van der Waals surface area contributed by atoms with E-state index in [9.17, 15) is 0 Å². The van der Waals surface area contributed by atoms with Crippen LogP contribution in [-0.2, 0) is 6.42 Å². The average Bonchev–Trinajstić information content (AvgIpc) is 3.02. The fourth-order valence-electron chi connectivity index (χ4n) is 1.79. The third kappa shape index (κ3) is 2.66. The Morgan fingerprint density at radius 3 is 2.95 bits per heavy atom. The summed E-state index contributed by atoms with van der Waals surface area (Å²) in [5.41, 5.74) is 7.91. The molecular formula is C13H11ClN4OS. The van der Waals surface area contributed by atoms with Gasteiger partial charge in [0.2, 0.25) is 0 Å². The molecule has 3 aromatic rings. The zero-order valence-electron chi connectivity index (χ0n) is 10.6. The Bertz CT molecular complexity index is 752. The van der Waals surface area contributed by atoms with Gasteiger partial charge in [0, 0.05) is 11.1 Å². The summed E-state index contributed by atoms with van der Waals surface area (Å²) in [4.78, 5) is 8.70. The first-order chi connectivity index (χ1) is 9.61. The number of halogens is 1.